The average molecular weight is 164 g/mol. The highest BCUT2D eigenvalue weighted by atomic mass is 16.3. The molecule has 1 aromatic carbocycles. The lowest BCUT2D eigenvalue weighted by Crippen LogP contribution is -2.07. The Balaban J connectivity index is 2.96. The lowest BCUT2D eigenvalue weighted by Gasteiger charge is -2.10. The van der Waals surface area contributed by atoms with Crippen LogP contribution in [0.25, 0.3) is 0 Å². The third kappa shape index (κ3) is 2.08. The van der Waals surface area contributed by atoms with E-state index >= 15 is 0 Å². The van der Waals surface area contributed by atoms with Gasteiger partial charge in [-0.2, -0.15) is 0 Å². The maximum absolute atomic E-state index is 9.25. The highest BCUT2D eigenvalue weighted by molar-refractivity contribution is 5.33. The zero-order valence-electron chi connectivity index (χ0n) is 7.96. The van der Waals surface area contributed by atoms with Crippen LogP contribution in [0.1, 0.15) is 23.6 Å². The first-order valence-corrected chi connectivity index (χ1v) is 4.34. The van der Waals surface area contributed by atoms with E-state index in [1.165, 1.54) is 16.7 Å². The molecule has 0 fully saturated rings. The molecule has 1 atom stereocenters. The monoisotopic (exact) mass is 164 g/mol. The Labute approximate surface area is 74.1 Å². The van der Waals surface area contributed by atoms with Gasteiger partial charge in [0.15, 0.2) is 0 Å². The third-order valence-electron chi connectivity index (χ3n) is 2.14. The van der Waals surface area contributed by atoms with Gasteiger partial charge in [0.05, 0.1) is 6.10 Å². The predicted octanol–water partition coefficient (Wildman–Crippen LogP) is 2.23. The highest BCUT2D eigenvalue weighted by Crippen LogP contribution is 2.14. The van der Waals surface area contributed by atoms with Crippen LogP contribution in [0, 0.1) is 13.8 Å². The Hall–Kier alpha value is -0.820. The van der Waals surface area contributed by atoms with E-state index < -0.39 is 0 Å². The number of aliphatic hydroxyl groups excluding tert-OH is 1. The SMILES string of the molecule is Cc1cccc(C)c1C[C@H](C)O. The van der Waals surface area contributed by atoms with Crippen LogP contribution in [-0.4, -0.2) is 11.2 Å². The van der Waals surface area contributed by atoms with Crippen molar-refractivity contribution >= 4 is 0 Å². The number of hydrogen-bond acceptors (Lipinski definition) is 1. The van der Waals surface area contributed by atoms with Crippen molar-refractivity contribution in [2.45, 2.75) is 33.3 Å². The molecule has 0 bridgehead atoms. The summed E-state index contributed by atoms with van der Waals surface area (Å²) < 4.78 is 0. The van der Waals surface area contributed by atoms with E-state index in [0.29, 0.717) is 0 Å². The maximum atomic E-state index is 9.25. The van der Waals surface area contributed by atoms with Gasteiger partial charge in [0.25, 0.3) is 0 Å². The summed E-state index contributed by atoms with van der Waals surface area (Å²) in [6.07, 6.45) is 0.517. The average Bonchev–Trinajstić information content (AvgIpc) is 1.97. The summed E-state index contributed by atoms with van der Waals surface area (Å²) in [5, 5.41) is 9.25. The van der Waals surface area contributed by atoms with E-state index in [1.807, 2.05) is 6.92 Å². The smallest absolute Gasteiger partial charge is 0.0552 e. The molecule has 0 radical (unpaired) electrons. The Kier molecular flexibility index (Phi) is 2.88. The Morgan fingerprint density at radius 2 is 1.75 bits per heavy atom. The quantitative estimate of drug-likeness (QED) is 0.710. The summed E-state index contributed by atoms with van der Waals surface area (Å²) in [5.41, 5.74) is 3.83. The van der Waals surface area contributed by atoms with Gasteiger partial charge in [-0.1, -0.05) is 18.2 Å². The van der Waals surface area contributed by atoms with Gasteiger partial charge >= 0.3 is 0 Å². The largest absolute Gasteiger partial charge is 0.393 e. The lowest BCUT2D eigenvalue weighted by molar-refractivity contribution is 0.195. The summed E-state index contributed by atoms with van der Waals surface area (Å²) in [7, 11) is 0. The lowest BCUT2D eigenvalue weighted by atomic mass is 9.98. The first-order valence-electron chi connectivity index (χ1n) is 4.34. The molecular weight excluding hydrogens is 148 g/mol. The van der Waals surface area contributed by atoms with Crippen molar-refractivity contribution in [3.63, 3.8) is 0 Å². The second-order valence-corrected chi connectivity index (χ2v) is 3.42. The highest BCUT2D eigenvalue weighted by Gasteiger charge is 2.04. The number of hydrogen-bond donors (Lipinski definition) is 1. The van der Waals surface area contributed by atoms with Crippen molar-refractivity contribution in [3.8, 4) is 0 Å². The van der Waals surface area contributed by atoms with Gasteiger partial charge in [-0.25, -0.2) is 0 Å². The molecule has 0 unspecified atom stereocenters. The van der Waals surface area contributed by atoms with E-state index in [9.17, 15) is 5.11 Å². The minimum atomic E-state index is -0.246. The van der Waals surface area contributed by atoms with E-state index in [2.05, 4.69) is 32.0 Å². The molecule has 1 heteroatoms. The van der Waals surface area contributed by atoms with Gasteiger partial charge in [0.2, 0.25) is 0 Å². The summed E-state index contributed by atoms with van der Waals surface area (Å²) >= 11 is 0. The Morgan fingerprint density at radius 3 is 2.17 bits per heavy atom. The van der Waals surface area contributed by atoms with Crippen molar-refractivity contribution in [2.24, 2.45) is 0 Å². The zero-order valence-corrected chi connectivity index (χ0v) is 7.96. The molecule has 0 aliphatic carbocycles. The van der Waals surface area contributed by atoms with Crippen LogP contribution >= 0.6 is 0 Å². The first-order chi connectivity index (χ1) is 5.61. The topological polar surface area (TPSA) is 20.2 Å². The van der Waals surface area contributed by atoms with Gasteiger partial charge in [0, 0.05) is 0 Å². The second-order valence-electron chi connectivity index (χ2n) is 3.42. The molecule has 0 saturated carbocycles. The molecule has 0 saturated heterocycles. The van der Waals surface area contributed by atoms with Crippen molar-refractivity contribution in [2.75, 3.05) is 0 Å². The minimum Gasteiger partial charge on any atom is -0.393 e. The number of rotatable bonds is 2. The molecule has 12 heavy (non-hydrogen) atoms. The molecule has 0 aromatic heterocycles. The molecule has 66 valence electrons. The van der Waals surface area contributed by atoms with Crippen molar-refractivity contribution in [1.29, 1.82) is 0 Å². The molecule has 0 heterocycles. The number of aliphatic hydroxyl groups is 1. The molecule has 0 amide bonds. The third-order valence-corrected chi connectivity index (χ3v) is 2.14. The predicted molar refractivity (Wildman–Crippen MR) is 51.3 cm³/mol. The minimum absolute atomic E-state index is 0.246. The maximum Gasteiger partial charge on any atom is 0.0552 e. The van der Waals surface area contributed by atoms with Crippen LogP contribution in [0.2, 0.25) is 0 Å². The summed E-state index contributed by atoms with van der Waals surface area (Å²) in [4.78, 5) is 0. The molecular formula is C11H16O. The van der Waals surface area contributed by atoms with Crippen molar-refractivity contribution < 1.29 is 5.11 Å². The fraction of sp³-hybridized carbons (Fsp3) is 0.455. The molecule has 0 aliphatic heterocycles. The molecule has 1 nitrogen and oxygen atoms in total. The van der Waals surface area contributed by atoms with E-state index in [-0.39, 0.29) is 6.10 Å². The van der Waals surface area contributed by atoms with Gasteiger partial charge in [-0.05, 0) is 43.9 Å². The summed E-state index contributed by atoms with van der Waals surface area (Å²) in [6.45, 7) is 6.00. The van der Waals surface area contributed by atoms with Gasteiger partial charge in [-0.15, -0.1) is 0 Å². The van der Waals surface area contributed by atoms with Crippen LogP contribution in [0.15, 0.2) is 18.2 Å². The Bertz CT molecular complexity index is 243. The molecule has 1 aromatic rings. The fourth-order valence-electron chi connectivity index (χ4n) is 1.47. The fourth-order valence-corrected chi connectivity index (χ4v) is 1.47. The molecule has 0 spiro atoms. The van der Waals surface area contributed by atoms with E-state index in [0.717, 1.165) is 6.42 Å². The van der Waals surface area contributed by atoms with Crippen molar-refractivity contribution in [3.05, 3.63) is 34.9 Å². The zero-order chi connectivity index (χ0) is 9.14. The van der Waals surface area contributed by atoms with Gasteiger partial charge in [0.1, 0.15) is 0 Å². The molecule has 0 aliphatic rings. The second kappa shape index (κ2) is 3.72. The van der Waals surface area contributed by atoms with E-state index in [4.69, 9.17) is 0 Å². The van der Waals surface area contributed by atoms with Crippen LogP contribution in [-0.2, 0) is 6.42 Å². The Morgan fingerprint density at radius 1 is 1.25 bits per heavy atom. The van der Waals surface area contributed by atoms with Gasteiger partial charge in [-0.3, -0.25) is 0 Å². The number of aryl methyl sites for hydroxylation is 2. The summed E-state index contributed by atoms with van der Waals surface area (Å²) in [5.74, 6) is 0. The van der Waals surface area contributed by atoms with E-state index in [1.54, 1.807) is 0 Å². The van der Waals surface area contributed by atoms with Crippen LogP contribution < -0.4 is 0 Å². The van der Waals surface area contributed by atoms with Crippen LogP contribution in [0.5, 0.6) is 0 Å². The normalized spacial score (nSPS) is 13.0. The molecule has 1 N–H and O–H groups in total. The van der Waals surface area contributed by atoms with Gasteiger partial charge < -0.3 is 5.11 Å². The standard InChI is InChI=1S/C11H16O/c1-8-5-4-6-9(2)11(8)7-10(3)12/h4-6,10,12H,7H2,1-3H3/t10-/m0/s1. The van der Waals surface area contributed by atoms with Crippen LogP contribution in [0.3, 0.4) is 0 Å². The first kappa shape index (κ1) is 9.27. The number of benzene rings is 1. The molecule has 1 rings (SSSR count). The summed E-state index contributed by atoms with van der Waals surface area (Å²) in [6, 6.07) is 6.23. The van der Waals surface area contributed by atoms with Crippen LogP contribution in [0.4, 0.5) is 0 Å². The van der Waals surface area contributed by atoms with Crippen molar-refractivity contribution in [1.82, 2.24) is 0 Å².